The first-order valence-corrected chi connectivity index (χ1v) is 14.8. The minimum Gasteiger partial charge on any atom is -0.507 e. The van der Waals surface area contributed by atoms with Crippen molar-refractivity contribution in [1.82, 2.24) is 9.97 Å². The van der Waals surface area contributed by atoms with Crippen molar-refractivity contribution < 1.29 is 5.11 Å². The number of benzene rings is 5. The molecule has 0 spiro atoms. The van der Waals surface area contributed by atoms with E-state index in [9.17, 15) is 5.11 Å². The van der Waals surface area contributed by atoms with Gasteiger partial charge in [0.15, 0.2) is 0 Å². The Morgan fingerprint density at radius 3 is 1.77 bits per heavy atom. The fourth-order valence-corrected chi connectivity index (χ4v) is 6.80. The maximum atomic E-state index is 10.9. The van der Waals surface area contributed by atoms with E-state index in [4.69, 9.17) is 9.97 Å². The van der Waals surface area contributed by atoms with Crippen LogP contribution < -0.4 is 0 Å². The standard InChI is InChI=1S/C41H28N2O/c44-38-21-9-6-17-33(38)34-27-29(24-25-30(34)28-13-2-1-3-14-28)37-20-12-23-40(43-37)41(39-22-10-11-26-42-39)35-18-7-4-15-31(35)32-16-5-8-19-36(32)41/h1-27,44H. The molecule has 2 aromatic heterocycles. The second-order valence-corrected chi connectivity index (χ2v) is 11.1. The minimum absolute atomic E-state index is 0.247. The topological polar surface area (TPSA) is 46.0 Å². The molecule has 7 aromatic rings. The highest BCUT2D eigenvalue weighted by atomic mass is 16.3. The Morgan fingerprint density at radius 2 is 1.07 bits per heavy atom. The van der Waals surface area contributed by atoms with Crippen molar-refractivity contribution in [2.24, 2.45) is 0 Å². The Labute approximate surface area is 256 Å². The molecule has 0 saturated carbocycles. The molecule has 8 rings (SSSR count). The molecule has 1 aliphatic carbocycles. The van der Waals surface area contributed by atoms with E-state index in [0.29, 0.717) is 0 Å². The molecule has 0 bridgehead atoms. The van der Waals surface area contributed by atoms with Crippen LogP contribution in [0.4, 0.5) is 0 Å². The van der Waals surface area contributed by atoms with E-state index >= 15 is 0 Å². The Kier molecular flexibility index (Phi) is 6.16. The summed E-state index contributed by atoms with van der Waals surface area (Å²) in [5.41, 5.74) is 11.7. The highest BCUT2D eigenvalue weighted by Gasteiger charge is 2.48. The molecular weight excluding hydrogens is 536 g/mol. The Balaban J connectivity index is 1.37. The molecule has 3 nitrogen and oxygen atoms in total. The maximum absolute atomic E-state index is 10.9. The summed E-state index contributed by atoms with van der Waals surface area (Å²) < 4.78 is 0. The fourth-order valence-electron chi connectivity index (χ4n) is 6.80. The average molecular weight is 565 g/mol. The zero-order valence-corrected chi connectivity index (χ0v) is 23.9. The number of pyridine rings is 2. The minimum atomic E-state index is -0.672. The number of aromatic hydroxyl groups is 1. The van der Waals surface area contributed by atoms with Crippen molar-refractivity contribution in [3.63, 3.8) is 0 Å². The highest BCUT2D eigenvalue weighted by molar-refractivity contribution is 5.89. The number of aromatic nitrogens is 2. The van der Waals surface area contributed by atoms with Crippen LogP contribution >= 0.6 is 0 Å². The second-order valence-electron chi connectivity index (χ2n) is 11.1. The molecule has 208 valence electrons. The van der Waals surface area contributed by atoms with Gasteiger partial charge in [0.2, 0.25) is 0 Å². The predicted octanol–water partition coefficient (Wildman–Crippen LogP) is 9.55. The van der Waals surface area contributed by atoms with Gasteiger partial charge in [0.1, 0.15) is 11.2 Å². The van der Waals surface area contributed by atoms with E-state index in [1.807, 2.05) is 48.7 Å². The van der Waals surface area contributed by atoms with Crippen molar-refractivity contribution in [2.75, 3.05) is 0 Å². The molecule has 0 radical (unpaired) electrons. The SMILES string of the molecule is Oc1ccccc1-c1cc(-c2cccc(C3(c4ccccn4)c4ccccc4-c4ccccc43)n2)ccc1-c1ccccc1. The zero-order valence-electron chi connectivity index (χ0n) is 23.9. The average Bonchev–Trinajstić information content (AvgIpc) is 3.40. The van der Waals surface area contributed by atoms with Crippen LogP contribution in [0.1, 0.15) is 22.5 Å². The van der Waals surface area contributed by atoms with Crippen molar-refractivity contribution in [3.05, 3.63) is 186 Å². The molecule has 0 atom stereocenters. The van der Waals surface area contributed by atoms with E-state index in [0.717, 1.165) is 44.9 Å². The lowest BCUT2D eigenvalue weighted by Gasteiger charge is -2.31. The summed E-state index contributed by atoms with van der Waals surface area (Å²) in [5.74, 6) is 0.247. The Hall–Kier alpha value is -5.80. The number of rotatable bonds is 5. The van der Waals surface area contributed by atoms with Crippen molar-refractivity contribution in [2.45, 2.75) is 5.41 Å². The van der Waals surface area contributed by atoms with Gasteiger partial charge >= 0.3 is 0 Å². The first-order chi connectivity index (χ1) is 21.7. The molecular formula is C41H28N2O. The molecule has 0 aliphatic heterocycles. The van der Waals surface area contributed by atoms with Gasteiger partial charge in [-0.15, -0.1) is 0 Å². The molecule has 5 aromatic carbocycles. The maximum Gasteiger partial charge on any atom is 0.123 e. The van der Waals surface area contributed by atoms with Crippen LogP contribution in [0, 0.1) is 0 Å². The predicted molar refractivity (Wildman–Crippen MR) is 177 cm³/mol. The normalized spacial score (nSPS) is 12.8. The van der Waals surface area contributed by atoms with Crippen LogP contribution in [0.2, 0.25) is 0 Å². The van der Waals surface area contributed by atoms with Gasteiger partial charge in [-0.1, -0.05) is 121 Å². The number of phenolic OH excluding ortho intramolecular Hbond substituents is 1. The lowest BCUT2D eigenvalue weighted by molar-refractivity contribution is 0.477. The number of fused-ring (bicyclic) bond motifs is 3. The highest BCUT2D eigenvalue weighted by Crippen LogP contribution is 2.55. The summed E-state index contributed by atoms with van der Waals surface area (Å²) in [6, 6.07) is 53.9. The van der Waals surface area contributed by atoms with Crippen molar-refractivity contribution in [1.29, 1.82) is 0 Å². The molecule has 1 aliphatic rings. The summed E-state index contributed by atoms with van der Waals surface area (Å²) in [6.45, 7) is 0. The van der Waals surface area contributed by atoms with E-state index in [1.54, 1.807) is 6.07 Å². The van der Waals surface area contributed by atoms with Crippen LogP contribution in [0.5, 0.6) is 5.75 Å². The van der Waals surface area contributed by atoms with E-state index < -0.39 is 5.41 Å². The largest absolute Gasteiger partial charge is 0.507 e. The molecule has 2 heterocycles. The van der Waals surface area contributed by atoms with Crippen LogP contribution in [0.15, 0.2) is 164 Å². The summed E-state index contributed by atoms with van der Waals surface area (Å²) in [7, 11) is 0. The smallest absolute Gasteiger partial charge is 0.123 e. The van der Waals surface area contributed by atoms with E-state index in [2.05, 4.69) is 109 Å². The summed E-state index contributed by atoms with van der Waals surface area (Å²) in [6.07, 6.45) is 1.87. The van der Waals surface area contributed by atoms with Crippen LogP contribution in [-0.2, 0) is 5.41 Å². The number of nitrogens with zero attached hydrogens (tertiary/aromatic N) is 2. The van der Waals surface area contributed by atoms with Gasteiger partial charge in [0.25, 0.3) is 0 Å². The summed E-state index contributed by atoms with van der Waals surface area (Å²) in [4.78, 5) is 10.4. The third kappa shape index (κ3) is 3.98. The lowest BCUT2D eigenvalue weighted by atomic mass is 9.72. The van der Waals surface area contributed by atoms with Crippen molar-refractivity contribution >= 4 is 0 Å². The summed E-state index contributed by atoms with van der Waals surface area (Å²) in [5, 5.41) is 10.9. The third-order valence-electron chi connectivity index (χ3n) is 8.73. The number of phenols is 1. The van der Waals surface area contributed by atoms with E-state index in [-0.39, 0.29) is 5.75 Å². The van der Waals surface area contributed by atoms with Gasteiger partial charge in [-0.25, -0.2) is 0 Å². The zero-order chi connectivity index (χ0) is 29.5. The molecule has 1 N–H and O–H groups in total. The van der Waals surface area contributed by atoms with Gasteiger partial charge in [0.05, 0.1) is 17.1 Å². The molecule has 0 amide bonds. The number of para-hydroxylation sites is 1. The molecule has 44 heavy (non-hydrogen) atoms. The quantitative estimate of drug-likeness (QED) is 0.226. The van der Waals surface area contributed by atoms with Gasteiger partial charge in [-0.3, -0.25) is 9.97 Å². The van der Waals surface area contributed by atoms with Crippen molar-refractivity contribution in [3.8, 4) is 50.4 Å². The number of hydrogen-bond donors (Lipinski definition) is 1. The molecule has 0 saturated heterocycles. The van der Waals surface area contributed by atoms with Gasteiger partial charge in [-0.2, -0.15) is 0 Å². The Bertz CT molecular complexity index is 2090. The van der Waals surface area contributed by atoms with Gasteiger partial charge < -0.3 is 5.11 Å². The first-order valence-electron chi connectivity index (χ1n) is 14.8. The summed E-state index contributed by atoms with van der Waals surface area (Å²) >= 11 is 0. The third-order valence-corrected chi connectivity index (χ3v) is 8.73. The van der Waals surface area contributed by atoms with Crippen LogP contribution in [-0.4, -0.2) is 15.1 Å². The molecule has 3 heteroatoms. The van der Waals surface area contributed by atoms with Gasteiger partial charge in [-0.05, 0) is 75.3 Å². The first kappa shape index (κ1) is 25.9. The number of hydrogen-bond acceptors (Lipinski definition) is 3. The van der Waals surface area contributed by atoms with E-state index in [1.165, 1.54) is 22.3 Å². The molecule has 0 unspecified atom stereocenters. The van der Waals surface area contributed by atoms with Crippen LogP contribution in [0.3, 0.4) is 0 Å². The fraction of sp³-hybridized carbons (Fsp3) is 0.0244. The van der Waals surface area contributed by atoms with Crippen LogP contribution in [0.25, 0.3) is 44.6 Å². The Morgan fingerprint density at radius 1 is 0.432 bits per heavy atom. The van der Waals surface area contributed by atoms with Gasteiger partial charge in [0, 0.05) is 17.3 Å². The second kappa shape index (κ2) is 10.5. The molecule has 0 fully saturated rings. The monoisotopic (exact) mass is 564 g/mol. The lowest BCUT2D eigenvalue weighted by Crippen LogP contribution is -2.31.